The third-order valence-corrected chi connectivity index (χ3v) is 3.89. The summed E-state index contributed by atoms with van der Waals surface area (Å²) >= 11 is 0. The van der Waals surface area contributed by atoms with Gasteiger partial charge < -0.3 is 5.32 Å². The summed E-state index contributed by atoms with van der Waals surface area (Å²) in [5.41, 5.74) is 0.278. The van der Waals surface area contributed by atoms with Gasteiger partial charge in [0.15, 0.2) is 0 Å². The molecule has 2 rings (SSSR count). The van der Waals surface area contributed by atoms with Crippen LogP contribution in [-0.4, -0.2) is 12.6 Å². The lowest BCUT2D eigenvalue weighted by molar-refractivity contribution is 0.397. The minimum Gasteiger partial charge on any atom is -0.314 e. The minimum absolute atomic E-state index is 0.000231. The first-order chi connectivity index (χ1) is 8.15. The third kappa shape index (κ3) is 2.34. The van der Waals surface area contributed by atoms with Gasteiger partial charge >= 0.3 is 0 Å². The van der Waals surface area contributed by atoms with Crippen LogP contribution in [-0.2, 0) is 0 Å². The molecular formula is C14H19F2N. The van der Waals surface area contributed by atoms with Gasteiger partial charge in [0.25, 0.3) is 0 Å². The normalized spacial score (nSPS) is 28.6. The van der Waals surface area contributed by atoms with Gasteiger partial charge in [0.1, 0.15) is 11.6 Å². The smallest absolute Gasteiger partial charge is 0.129 e. The molecule has 0 heterocycles. The van der Waals surface area contributed by atoms with E-state index >= 15 is 0 Å². The van der Waals surface area contributed by atoms with E-state index in [9.17, 15) is 8.78 Å². The van der Waals surface area contributed by atoms with E-state index in [2.05, 4.69) is 19.2 Å². The zero-order valence-corrected chi connectivity index (χ0v) is 10.3. The van der Waals surface area contributed by atoms with Crippen molar-refractivity contribution in [2.45, 2.75) is 38.6 Å². The Morgan fingerprint density at radius 1 is 1.24 bits per heavy atom. The number of halogens is 2. The van der Waals surface area contributed by atoms with Gasteiger partial charge in [-0.2, -0.15) is 0 Å². The Labute approximate surface area is 101 Å². The summed E-state index contributed by atoms with van der Waals surface area (Å²) in [6, 6.07) is 4.51. The second kappa shape index (κ2) is 5.13. The van der Waals surface area contributed by atoms with Crippen molar-refractivity contribution in [3.63, 3.8) is 0 Å². The van der Waals surface area contributed by atoms with Crippen molar-refractivity contribution in [1.29, 1.82) is 0 Å². The van der Waals surface area contributed by atoms with Crippen LogP contribution >= 0.6 is 0 Å². The first-order valence-corrected chi connectivity index (χ1v) is 6.32. The summed E-state index contributed by atoms with van der Waals surface area (Å²) in [6.45, 7) is 5.04. The molecule has 1 aromatic rings. The molecule has 0 spiro atoms. The quantitative estimate of drug-likeness (QED) is 0.851. The van der Waals surface area contributed by atoms with Crippen molar-refractivity contribution in [2.75, 3.05) is 6.54 Å². The summed E-state index contributed by atoms with van der Waals surface area (Å²) < 4.78 is 27.5. The average molecular weight is 239 g/mol. The molecule has 0 aliphatic heterocycles. The van der Waals surface area contributed by atoms with Gasteiger partial charge in [0.2, 0.25) is 0 Å². The molecule has 1 fully saturated rings. The van der Waals surface area contributed by atoms with Gasteiger partial charge in [-0.3, -0.25) is 0 Å². The molecule has 0 bridgehead atoms. The molecule has 17 heavy (non-hydrogen) atoms. The molecule has 1 aliphatic rings. The van der Waals surface area contributed by atoms with Crippen molar-refractivity contribution >= 4 is 0 Å². The maximum Gasteiger partial charge on any atom is 0.129 e. The van der Waals surface area contributed by atoms with Crippen LogP contribution in [0.4, 0.5) is 8.78 Å². The predicted molar refractivity (Wildman–Crippen MR) is 65.0 cm³/mol. The van der Waals surface area contributed by atoms with Crippen LogP contribution in [0.15, 0.2) is 18.2 Å². The topological polar surface area (TPSA) is 12.0 Å². The lowest BCUT2D eigenvalue weighted by atomic mass is 9.88. The molecule has 1 aromatic carbocycles. The van der Waals surface area contributed by atoms with Crippen LogP contribution in [0.1, 0.15) is 38.2 Å². The molecule has 94 valence electrons. The highest BCUT2D eigenvalue weighted by atomic mass is 19.1. The highest BCUT2D eigenvalue weighted by Crippen LogP contribution is 2.41. The summed E-state index contributed by atoms with van der Waals surface area (Å²) in [4.78, 5) is 0. The van der Waals surface area contributed by atoms with Crippen molar-refractivity contribution in [1.82, 2.24) is 5.32 Å². The Kier molecular flexibility index (Phi) is 3.77. The monoisotopic (exact) mass is 239 g/mol. The van der Waals surface area contributed by atoms with Gasteiger partial charge in [0, 0.05) is 11.6 Å². The van der Waals surface area contributed by atoms with E-state index in [1.54, 1.807) is 0 Å². The van der Waals surface area contributed by atoms with Crippen LogP contribution < -0.4 is 5.32 Å². The van der Waals surface area contributed by atoms with Crippen molar-refractivity contribution in [3.05, 3.63) is 35.4 Å². The molecular weight excluding hydrogens is 220 g/mol. The Hall–Kier alpha value is -0.960. The maximum absolute atomic E-state index is 13.7. The second-order valence-corrected chi connectivity index (χ2v) is 4.84. The molecule has 3 atom stereocenters. The van der Waals surface area contributed by atoms with E-state index in [1.165, 1.54) is 18.2 Å². The summed E-state index contributed by atoms with van der Waals surface area (Å²) in [6.07, 6.45) is 1.85. The number of nitrogens with one attached hydrogen (secondary N) is 1. The third-order valence-electron chi connectivity index (χ3n) is 3.89. The fourth-order valence-corrected chi connectivity index (χ4v) is 2.99. The largest absolute Gasteiger partial charge is 0.314 e. The van der Waals surface area contributed by atoms with E-state index in [4.69, 9.17) is 0 Å². The molecule has 1 saturated carbocycles. The molecule has 1 aliphatic carbocycles. The highest BCUT2D eigenvalue weighted by Gasteiger charge is 2.35. The number of hydrogen-bond acceptors (Lipinski definition) is 1. The average Bonchev–Trinajstić information content (AvgIpc) is 2.62. The van der Waals surface area contributed by atoms with E-state index in [0.29, 0.717) is 6.04 Å². The van der Waals surface area contributed by atoms with Crippen LogP contribution in [0.2, 0.25) is 0 Å². The van der Waals surface area contributed by atoms with Crippen LogP contribution in [0.5, 0.6) is 0 Å². The SMILES string of the molecule is CCNC1CCC(c2c(F)cccc2F)C1C. The van der Waals surface area contributed by atoms with Crippen molar-refractivity contribution < 1.29 is 8.78 Å². The summed E-state index contributed by atoms with van der Waals surface area (Å²) in [5.74, 6) is -0.528. The van der Waals surface area contributed by atoms with Gasteiger partial charge in [0.05, 0.1) is 0 Å². The Morgan fingerprint density at radius 2 is 1.88 bits per heavy atom. The molecule has 0 amide bonds. The standard InChI is InChI=1S/C14H19F2N/c1-3-17-13-8-7-10(9(13)2)14-11(15)5-4-6-12(14)16/h4-6,9-10,13,17H,3,7-8H2,1-2H3. The molecule has 3 heteroatoms. The van der Waals surface area contributed by atoms with Crippen molar-refractivity contribution in [2.24, 2.45) is 5.92 Å². The minimum atomic E-state index is -0.404. The van der Waals surface area contributed by atoms with Crippen LogP contribution in [0.25, 0.3) is 0 Å². The first-order valence-electron chi connectivity index (χ1n) is 6.32. The predicted octanol–water partition coefficient (Wildman–Crippen LogP) is 3.46. The van der Waals surface area contributed by atoms with Crippen LogP contribution in [0, 0.1) is 17.6 Å². The van der Waals surface area contributed by atoms with E-state index in [0.717, 1.165) is 19.4 Å². The van der Waals surface area contributed by atoms with Gasteiger partial charge in [-0.25, -0.2) is 8.78 Å². The zero-order chi connectivity index (χ0) is 12.4. The Morgan fingerprint density at radius 3 is 2.47 bits per heavy atom. The zero-order valence-electron chi connectivity index (χ0n) is 10.3. The first kappa shape index (κ1) is 12.5. The van der Waals surface area contributed by atoms with Gasteiger partial charge in [-0.1, -0.05) is 19.9 Å². The molecule has 0 aromatic heterocycles. The van der Waals surface area contributed by atoms with Gasteiger partial charge in [-0.15, -0.1) is 0 Å². The Balaban J connectivity index is 2.24. The van der Waals surface area contributed by atoms with E-state index in [1.807, 2.05) is 0 Å². The molecule has 3 unspecified atom stereocenters. The number of rotatable bonds is 3. The van der Waals surface area contributed by atoms with Gasteiger partial charge in [-0.05, 0) is 43.4 Å². The molecule has 0 saturated heterocycles. The highest BCUT2D eigenvalue weighted by molar-refractivity contribution is 5.26. The molecule has 1 nitrogen and oxygen atoms in total. The molecule has 0 radical (unpaired) electrons. The number of benzene rings is 1. The summed E-state index contributed by atoms with van der Waals surface area (Å²) in [5, 5.41) is 3.39. The lowest BCUT2D eigenvalue weighted by Crippen LogP contribution is -2.32. The lowest BCUT2D eigenvalue weighted by Gasteiger charge is -2.22. The fourth-order valence-electron chi connectivity index (χ4n) is 2.99. The molecule has 1 N–H and O–H groups in total. The van der Waals surface area contributed by atoms with Crippen molar-refractivity contribution in [3.8, 4) is 0 Å². The van der Waals surface area contributed by atoms with Crippen LogP contribution in [0.3, 0.4) is 0 Å². The Bertz CT molecular complexity index is 372. The fraction of sp³-hybridized carbons (Fsp3) is 0.571. The number of hydrogen-bond donors (Lipinski definition) is 1. The van der Waals surface area contributed by atoms with E-state index in [-0.39, 0.29) is 17.4 Å². The second-order valence-electron chi connectivity index (χ2n) is 4.84. The maximum atomic E-state index is 13.7. The summed E-state index contributed by atoms with van der Waals surface area (Å²) in [7, 11) is 0. The van der Waals surface area contributed by atoms with E-state index < -0.39 is 11.6 Å².